The van der Waals surface area contributed by atoms with Gasteiger partial charge in [0.05, 0.1) is 30.8 Å². The van der Waals surface area contributed by atoms with Crippen LogP contribution in [0.4, 0.5) is 0 Å². The second-order valence-corrected chi connectivity index (χ2v) is 6.29. The molecule has 5 nitrogen and oxygen atoms in total. The molecular weight excluding hydrogens is 244 g/mol. The first-order valence-corrected chi connectivity index (χ1v) is 7.11. The van der Waals surface area contributed by atoms with Crippen LogP contribution in [-0.2, 0) is 14.3 Å². The number of ether oxygens (including phenoxy) is 2. The minimum absolute atomic E-state index is 0.221. The highest BCUT2D eigenvalue weighted by Crippen LogP contribution is 2.34. The number of methoxy groups -OCH3 is 1. The zero-order valence-electron chi connectivity index (χ0n) is 12.3. The SMILES string of the molecule is COCC1(C(=O)N2CCOCC2(C)C)CCNCC1. The predicted octanol–water partition coefficient (Wildman–Crippen LogP) is 0.640. The number of nitrogens with zero attached hydrogens (tertiary/aromatic N) is 1. The summed E-state index contributed by atoms with van der Waals surface area (Å²) in [5.41, 5.74) is -0.574. The van der Waals surface area contributed by atoms with Crippen LogP contribution in [-0.4, -0.2) is 62.9 Å². The lowest BCUT2D eigenvalue weighted by atomic mass is 9.77. The van der Waals surface area contributed by atoms with Gasteiger partial charge in [0.15, 0.2) is 0 Å². The van der Waals surface area contributed by atoms with Crippen LogP contribution in [0.25, 0.3) is 0 Å². The van der Waals surface area contributed by atoms with Crippen molar-refractivity contribution in [3.63, 3.8) is 0 Å². The first-order chi connectivity index (χ1) is 9.02. The number of nitrogens with one attached hydrogen (secondary N) is 1. The largest absolute Gasteiger partial charge is 0.384 e. The molecule has 19 heavy (non-hydrogen) atoms. The molecule has 2 heterocycles. The molecule has 1 N–H and O–H groups in total. The molecule has 0 bridgehead atoms. The fourth-order valence-electron chi connectivity index (χ4n) is 3.12. The van der Waals surface area contributed by atoms with Crippen molar-refractivity contribution in [2.45, 2.75) is 32.2 Å². The summed E-state index contributed by atoms with van der Waals surface area (Å²) in [4.78, 5) is 15.0. The summed E-state index contributed by atoms with van der Waals surface area (Å²) in [6.07, 6.45) is 1.71. The maximum atomic E-state index is 13.0. The third-order valence-electron chi connectivity index (χ3n) is 4.33. The van der Waals surface area contributed by atoms with Crippen LogP contribution in [0.1, 0.15) is 26.7 Å². The molecule has 0 saturated carbocycles. The second kappa shape index (κ2) is 5.77. The number of carbonyl (C=O) groups excluding carboxylic acids is 1. The lowest BCUT2D eigenvalue weighted by molar-refractivity contribution is -0.162. The standard InChI is InChI=1S/C14H26N2O3/c1-13(2)10-19-9-8-16(13)12(17)14(11-18-3)4-6-15-7-5-14/h15H,4-11H2,1-3H3. The van der Waals surface area contributed by atoms with Crippen LogP contribution in [0, 0.1) is 5.41 Å². The predicted molar refractivity (Wildman–Crippen MR) is 73.0 cm³/mol. The number of hydrogen-bond donors (Lipinski definition) is 1. The maximum Gasteiger partial charge on any atom is 0.231 e. The molecule has 0 aromatic heterocycles. The van der Waals surface area contributed by atoms with Crippen LogP contribution in [0.15, 0.2) is 0 Å². The van der Waals surface area contributed by atoms with Crippen molar-refractivity contribution in [3.05, 3.63) is 0 Å². The monoisotopic (exact) mass is 270 g/mol. The minimum Gasteiger partial charge on any atom is -0.384 e. The van der Waals surface area contributed by atoms with E-state index in [0.717, 1.165) is 25.9 Å². The van der Waals surface area contributed by atoms with E-state index in [1.165, 1.54) is 0 Å². The van der Waals surface area contributed by atoms with Gasteiger partial charge >= 0.3 is 0 Å². The molecular formula is C14H26N2O3. The smallest absolute Gasteiger partial charge is 0.231 e. The molecule has 2 rings (SSSR count). The fraction of sp³-hybridized carbons (Fsp3) is 0.929. The average molecular weight is 270 g/mol. The first-order valence-electron chi connectivity index (χ1n) is 7.11. The maximum absolute atomic E-state index is 13.0. The van der Waals surface area contributed by atoms with Crippen molar-refractivity contribution in [3.8, 4) is 0 Å². The van der Waals surface area contributed by atoms with Crippen LogP contribution < -0.4 is 5.32 Å². The second-order valence-electron chi connectivity index (χ2n) is 6.29. The normalized spacial score (nSPS) is 26.2. The van der Waals surface area contributed by atoms with E-state index < -0.39 is 0 Å². The summed E-state index contributed by atoms with van der Waals surface area (Å²) in [5.74, 6) is 0.240. The third-order valence-corrected chi connectivity index (χ3v) is 4.33. The Bertz CT molecular complexity index is 319. The number of piperidine rings is 1. The number of amides is 1. The summed E-state index contributed by atoms with van der Waals surface area (Å²) in [6, 6.07) is 0. The number of carbonyl (C=O) groups is 1. The molecule has 2 aliphatic rings. The van der Waals surface area contributed by atoms with Crippen LogP contribution >= 0.6 is 0 Å². The first kappa shape index (κ1) is 14.8. The Morgan fingerprint density at radius 1 is 1.37 bits per heavy atom. The van der Waals surface area contributed by atoms with E-state index in [1.54, 1.807) is 7.11 Å². The van der Waals surface area contributed by atoms with Gasteiger partial charge in [-0.3, -0.25) is 4.79 Å². The topological polar surface area (TPSA) is 50.8 Å². The van der Waals surface area contributed by atoms with Crippen molar-refractivity contribution in [2.24, 2.45) is 5.41 Å². The lowest BCUT2D eigenvalue weighted by Crippen LogP contribution is -2.61. The molecule has 1 amide bonds. The molecule has 2 aliphatic heterocycles. The minimum atomic E-state index is -0.353. The van der Waals surface area contributed by atoms with Gasteiger partial charge in [-0.1, -0.05) is 0 Å². The van der Waals surface area contributed by atoms with Gasteiger partial charge in [-0.25, -0.2) is 0 Å². The van der Waals surface area contributed by atoms with E-state index in [1.807, 2.05) is 4.90 Å². The van der Waals surface area contributed by atoms with Crippen LogP contribution in [0.5, 0.6) is 0 Å². The van der Waals surface area contributed by atoms with Gasteiger partial charge in [-0.2, -0.15) is 0 Å². The highest BCUT2D eigenvalue weighted by Gasteiger charge is 2.46. The van der Waals surface area contributed by atoms with E-state index in [-0.39, 0.29) is 16.9 Å². The molecule has 0 aliphatic carbocycles. The number of rotatable bonds is 3. The zero-order valence-corrected chi connectivity index (χ0v) is 12.3. The Morgan fingerprint density at radius 3 is 2.63 bits per heavy atom. The molecule has 5 heteroatoms. The van der Waals surface area contributed by atoms with Crippen molar-refractivity contribution >= 4 is 5.91 Å². The lowest BCUT2D eigenvalue weighted by Gasteiger charge is -2.47. The summed E-state index contributed by atoms with van der Waals surface area (Å²) in [6.45, 7) is 8.37. The Hall–Kier alpha value is -0.650. The molecule has 0 aromatic rings. The van der Waals surface area contributed by atoms with Gasteiger partial charge < -0.3 is 19.7 Å². The van der Waals surface area contributed by atoms with E-state index in [9.17, 15) is 4.79 Å². The molecule has 0 unspecified atom stereocenters. The van der Waals surface area contributed by atoms with Crippen molar-refractivity contribution < 1.29 is 14.3 Å². The molecule has 2 fully saturated rings. The average Bonchev–Trinajstić information content (AvgIpc) is 2.39. The molecule has 0 spiro atoms. The van der Waals surface area contributed by atoms with Gasteiger partial charge in [0, 0.05) is 13.7 Å². The Balaban J connectivity index is 2.18. The van der Waals surface area contributed by atoms with Crippen molar-refractivity contribution in [2.75, 3.05) is 46.6 Å². The summed E-state index contributed by atoms with van der Waals surface area (Å²) < 4.78 is 10.9. The van der Waals surface area contributed by atoms with Gasteiger partial charge in [0.2, 0.25) is 5.91 Å². The molecule has 2 saturated heterocycles. The highest BCUT2D eigenvalue weighted by molar-refractivity contribution is 5.84. The summed E-state index contributed by atoms with van der Waals surface area (Å²) in [7, 11) is 1.68. The van der Waals surface area contributed by atoms with Gasteiger partial charge in [-0.05, 0) is 39.8 Å². The van der Waals surface area contributed by atoms with E-state index in [4.69, 9.17) is 9.47 Å². The molecule has 0 radical (unpaired) electrons. The zero-order chi connectivity index (χ0) is 13.9. The quantitative estimate of drug-likeness (QED) is 0.818. The van der Waals surface area contributed by atoms with Crippen LogP contribution in [0.3, 0.4) is 0 Å². The Labute approximate surface area is 115 Å². The number of hydrogen-bond acceptors (Lipinski definition) is 4. The summed E-state index contributed by atoms with van der Waals surface area (Å²) in [5, 5.41) is 3.33. The van der Waals surface area contributed by atoms with Gasteiger partial charge in [0.25, 0.3) is 0 Å². The van der Waals surface area contributed by atoms with Crippen molar-refractivity contribution in [1.29, 1.82) is 0 Å². The molecule has 0 atom stereocenters. The van der Waals surface area contributed by atoms with E-state index in [2.05, 4.69) is 19.2 Å². The summed E-state index contributed by atoms with van der Waals surface area (Å²) >= 11 is 0. The Morgan fingerprint density at radius 2 is 2.05 bits per heavy atom. The highest BCUT2D eigenvalue weighted by atomic mass is 16.5. The molecule has 110 valence electrons. The third kappa shape index (κ3) is 2.93. The van der Waals surface area contributed by atoms with Crippen molar-refractivity contribution in [1.82, 2.24) is 10.2 Å². The van der Waals surface area contributed by atoms with E-state index in [0.29, 0.717) is 26.4 Å². The van der Waals surface area contributed by atoms with Crippen LogP contribution in [0.2, 0.25) is 0 Å². The van der Waals surface area contributed by atoms with Gasteiger partial charge in [0.1, 0.15) is 0 Å². The fourth-order valence-corrected chi connectivity index (χ4v) is 3.12. The van der Waals surface area contributed by atoms with Gasteiger partial charge in [-0.15, -0.1) is 0 Å². The number of morpholine rings is 1. The Kier molecular flexibility index (Phi) is 4.48. The molecule has 0 aromatic carbocycles. The van der Waals surface area contributed by atoms with E-state index >= 15 is 0 Å².